The Hall–Kier alpha value is -1.73. The highest BCUT2D eigenvalue weighted by molar-refractivity contribution is 4.97. The van der Waals surface area contributed by atoms with Crippen molar-refractivity contribution in [2.24, 2.45) is 0 Å². The van der Waals surface area contributed by atoms with Crippen LogP contribution in [0.2, 0.25) is 0 Å². The summed E-state index contributed by atoms with van der Waals surface area (Å²) in [5.74, 6) is 1.32. The molecule has 0 amide bonds. The number of nitrogens with zero attached hydrogens (tertiary/aromatic N) is 5. The van der Waals surface area contributed by atoms with E-state index < -0.39 is 6.10 Å². The minimum Gasteiger partial charge on any atom is -0.390 e. The molecule has 0 unspecified atom stereocenters. The van der Waals surface area contributed by atoms with Crippen LogP contribution in [-0.2, 0) is 6.54 Å². The van der Waals surface area contributed by atoms with Gasteiger partial charge in [-0.15, -0.1) is 0 Å². The van der Waals surface area contributed by atoms with Crippen LogP contribution in [-0.4, -0.2) is 49.1 Å². The maximum absolute atomic E-state index is 10.2. The van der Waals surface area contributed by atoms with Gasteiger partial charge in [-0.2, -0.15) is 10.1 Å². The monoisotopic (exact) mass is 277 g/mol. The second-order valence-electron chi connectivity index (χ2n) is 5.21. The molecule has 0 radical (unpaired) electrons. The first-order valence-electron chi connectivity index (χ1n) is 6.92. The fourth-order valence-corrected chi connectivity index (χ4v) is 2.74. The van der Waals surface area contributed by atoms with Crippen molar-refractivity contribution in [1.82, 2.24) is 24.8 Å². The topological polar surface area (TPSA) is 80.2 Å². The molecule has 0 aromatic carbocycles. The van der Waals surface area contributed by atoms with Gasteiger partial charge in [0.1, 0.15) is 0 Å². The molecule has 0 saturated carbocycles. The lowest BCUT2D eigenvalue weighted by atomic mass is 10.2. The van der Waals surface area contributed by atoms with Crippen molar-refractivity contribution in [3.8, 4) is 0 Å². The largest absolute Gasteiger partial charge is 0.390 e. The fourth-order valence-electron chi connectivity index (χ4n) is 2.74. The van der Waals surface area contributed by atoms with Crippen molar-refractivity contribution < 1.29 is 9.63 Å². The summed E-state index contributed by atoms with van der Waals surface area (Å²) in [4.78, 5) is 6.53. The summed E-state index contributed by atoms with van der Waals surface area (Å²) in [5, 5.41) is 18.3. The third-order valence-electron chi connectivity index (χ3n) is 3.61. The van der Waals surface area contributed by atoms with E-state index in [4.69, 9.17) is 4.52 Å². The number of likely N-dealkylation sites (tertiary alicyclic amines) is 1. The van der Waals surface area contributed by atoms with Crippen LogP contribution in [0.3, 0.4) is 0 Å². The second-order valence-corrected chi connectivity index (χ2v) is 5.21. The van der Waals surface area contributed by atoms with Crippen LogP contribution in [0.25, 0.3) is 0 Å². The highest BCUT2D eigenvalue weighted by Gasteiger charge is 2.30. The van der Waals surface area contributed by atoms with Gasteiger partial charge in [-0.25, -0.2) is 0 Å². The zero-order chi connectivity index (χ0) is 13.9. The third-order valence-corrected chi connectivity index (χ3v) is 3.61. The van der Waals surface area contributed by atoms with Gasteiger partial charge in [0.15, 0.2) is 5.82 Å². The lowest BCUT2D eigenvalue weighted by molar-refractivity contribution is 0.0869. The smallest absolute Gasteiger partial charge is 0.223 e. The quantitative estimate of drug-likeness (QED) is 0.869. The summed E-state index contributed by atoms with van der Waals surface area (Å²) in [5.41, 5.74) is 0. The zero-order valence-electron chi connectivity index (χ0n) is 11.5. The molecule has 1 fully saturated rings. The average Bonchev–Trinajstić information content (AvgIpc) is 3.11. The first-order chi connectivity index (χ1) is 9.72. The van der Waals surface area contributed by atoms with Gasteiger partial charge in [-0.3, -0.25) is 9.58 Å². The van der Waals surface area contributed by atoms with Crippen molar-refractivity contribution in [2.75, 3.05) is 13.1 Å². The molecular weight excluding hydrogens is 258 g/mol. The first kappa shape index (κ1) is 13.3. The van der Waals surface area contributed by atoms with E-state index in [2.05, 4.69) is 20.1 Å². The molecule has 7 heteroatoms. The number of aromatic nitrogens is 4. The molecule has 3 heterocycles. The maximum Gasteiger partial charge on any atom is 0.223 e. The molecule has 20 heavy (non-hydrogen) atoms. The summed E-state index contributed by atoms with van der Waals surface area (Å²) in [6.45, 7) is 3.84. The van der Waals surface area contributed by atoms with Gasteiger partial charge in [0.05, 0.1) is 18.7 Å². The van der Waals surface area contributed by atoms with Gasteiger partial charge in [-0.05, 0) is 25.5 Å². The van der Waals surface area contributed by atoms with E-state index in [1.807, 2.05) is 12.3 Å². The van der Waals surface area contributed by atoms with E-state index in [0.717, 1.165) is 25.2 Å². The highest BCUT2D eigenvalue weighted by Crippen LogP contribution is 2.30. The Labute approximate surface area is 117 Å². The zero-order valence-corrected chi connectivity index (χ0v) is 11.5. The Bertz CT molecular complexity index is 539. The number of hydrogen-bond donors (Lipinski definition) is 1. The predicted molar refractivity (Wildman–Crippen MR) is 70.8 cm³/mol. The number of aliphatic hydroxyl groups excluding tert-OH is 1. The van der Waals surface area contributed by atoms with Crippen LogP contribution in [0, 0.1) is 6.92 Å². The van der Waals surface area contributed by atoms with Gasteiger partial charge < -0.3 is 9.63 Å². The second kappa shape index (κ2) is 5.72. The Kier molecular flexibility index (Phi) is 3.79. The van der Waals surface area contributed by atoms with Crippen LogP contribution < -0.4 is 0 Å². The van der Waals surface area contributed by atoms with Crippen molar-refractivity contribution in [3.63, 3.8) is 0 Å². The summed E-state index contributed by atoms with van der Waals surface area (Å²) < 4.78 is 6.80. The molecule has 1 saturated heterocycles. The third kappa shape index (κ3) is 2.88. The number of β-amino-alcohol motifs (C(OH)–C–C–N with tert-alkyl or cyclic N) is 1. The van der Waals surface area contributed by atoms with Gasteiger partial charge in [0.25, 0.3) is 0 Å². The molecule has 2 atom stereocenters. The molecule has 7 nitrogen and oxygen atoms in total. The minimum absolute atomic E-state index is 0.153. The lowest BCUT2D eigenvalue weighted by Crippen LogP contribution is -2.34. The molecule has 3 rings (SSSR count). The van der Waals surface area contributed by atoms with Crippen LogP contribution in [0.5, 0.6) is 0 Å². The predicted octanol–water partition coefficient (Wildman–Crippen LogP) is 0.773. The summed E-state index contributed by atoms with van der Waals surface area (Å²) >= 11 is 0. The molecule has 2 aromatic rings. The van der Waals surface area contributed by atoms with Crippen molar-refractivity contribution >= 4 is 0 Å². The van der Waals surface area contributed by atoms with Crippen molar-refractivity contribution in [2.45, 2.75) is 38.5 Å². The maximum atomic E-state index is 10.2. The van der Waals surface area contributed by atoms with Gasteiger partial charge in [-0.1, -0.05) is 5.16 Å². The van der Waals surface area contributed by atoms with Crippen LogP contribution in [0.15, 0.2) is 23.0 Å². The van der Waals surface area contributed by atoms with E-state index in [1.165, 1.54) is 0 Å². The van der Waals surface area contributed by atoms with E-state index >= 15 is 0 Å². The molecule has 108 valence electrons. The summed E-state index contributed by atoms with van der Waals surface area (Å²) in [6, 6.07) is 2.01. The Balaban J connectivity index is 1.61. The normalized spacial score (nSPS) is 21.4. The molecule has 2 aromatic heterocycles. The Morgan fingerprint density at radius 2 is 2.40 bits per heavy atom. The molecular formula is C13H19N5O2. The van der Waals surface area contributed by atoms with Gasteiger partial charge in [0.2, 0.25) is 5.89 Å². The van der Waals surface area contributed by atoms with E-state index in [9.17, 15) is 5.11 Å². The number of hydrogen-bond acceptors (Lipinski definition) is 6. The van der Waals surface area contributed by atoms with E-state index in [-0.39, 0.29) is 6.04 Å². The minimum atomic E-state index is -0.455. The van der Waals surface area contributed by atoms with E-state index in [1.54, 1.807) is 17.8 Å². The number of rotatable bonds is 5. The van der Waals surface area contributed by atoms with Crippen LogP contribution in [0.4, 0.5) is 0 Å². The lowest BCUT2D eigenvalue weighted by Gasteiger charge is -2.24. The molecule has 1 aliphatic rings. The van der Waals surface area contributed by atoms with Crippen LogP contribution >= 0.6 is 0 Å². The first-order valence-corrected chi connectivity index (χ1v) is 6.92. The van der Waals surface area contributed by atoms with Gasteiger partial charge in [0, 0.05) is 25.9 Å². The Morgan fingerprint density at radius 1 is 1.50 bits per heavy atom. The highest BCUT2D eigenvalue weighted by atomic mass is 16.5. The molecule has 1 N–H and O–H groups in total. The van der Waals surface area contributed by atoms with Crippen molar-refractivity contribution in [3.05, 3.63) is 30.2 Å². The SMILES string of the molecule is Cc1nc([C@@H]2CCCN2C[C@@H](O)Cn2cccn2)no1. The molecule has 1 aliphatic heterocycles. The number of aliphatic hydroxyl groups is 1. The molecule has 0 aliphatic carbocycles. The van der Waals surface area contributed by atoms with Gasteiger partial charge >= 0.3 is 0 Å². The standard InChI is InChI=1S/C13H19N5O2/c1-10-15-13(16-20-10)12-4-2-6-17(12)8-11(19)9-18-7-3-5-14-18/h3,5,7,11-12,19H,2,4,6,8-9H2,1H3/t11-,12+/m1/s1. The van der Waals surface area contributed by atoms with Crippen LogP contribution in [0.1, 0.15) is 30.6 Å². The molecule has 0 bridgehead atoms. The van der Waals surface area contributed by atoms with Crippen molar-refractivity contribution in [1.29, 1.82) is 0 Å². The fraction of sp³-hybridized carbons (Fsp3) is 0.615. The summed E-state index contributed by atoms with van der Waals surface area (Å²) in [7, 11) is 0. The average molecular weight is 277 g/mol. The number of aryl methyl sites for hydroxylation is 1. The van der Waals surface area contributed by atoms with E-state index in [0.29, 0.717) is 19.0 Å². The molecule has 0 spiro atoms. The summed E-state index contributed by atoms with van der Waals surface area (Å²) in [6.07, 6.45) is 5.21. The Morgan fingerprint density at radius 3 is 3.10 bits per heavy atom.